The number of rotatable bonds is 7. The van der Waals surface area contributed by atoms with E-state index in [9.17, 15) is 14.7 Å². The van der Waals surface area contributed by atoms with Gasteiger partial charge in [-0.05, 0) is 29.8 Å². The molecule has 0 aliphatic rings. The summed E-state index contributed by atoms with van der Waals surface area (Å²) in [6.45, 7) is 0. The molecule has 0 saturated carbocycles. The average molecular weight is 341 g/mol. The zero-order valence-electron chi connectivity index (χ0n) is 13.7. The molecule has 2 aromatic carbocycles. The fourth-order valence-electron chi connectivity index (χ4n) is 2.03. The highest BCUT2D eigenvalue weighted by molar-refractivity contribution is 5.94. The number of carbonyl (C=O) groups is 2. The number of ether oxygens (including phenoxy) is 1. The van der Waals surface area contributed by atoms with Crippen LogP contribution in [0.2, 0.25) is 0 Å². The number of aromatic hydroxyl groups is 1. The molecule has 0 atom stereocenters. The summed E-state index contributed by atoms with van der Waals surface area (Å²) in [6.07, 6.45) is 1.43. The van der Waals surface area contributed by atoms with Crippen molar-refractivity contribution in [1.29, 1.82) is 0 Å². The van der Waals surface area contributed by atoms with Gasteiger partial charge in [0.25, 0.3) is 0 Å². The molecule has 7 nitrogen and oxygen atoms in total. The smallest absolute Gasteiger partial charge is 0.240 e. The number of carbonyl (C=O) groups excluding carboxylic acids is 2. The largest absolute Gasteiger partial charge is 0.508 e. The second-order valence-corrected chi connectivity index (χ2v) is 5.14. The van der Waals surface area contributed by atoms with Crippen molar-refractivity contribution in [2.24, 2.45) is 5.10 Å². The molecule has 0 fully saturated rings. The zero-order chi connectivity index (χ0) is 18.1. The van der Waals surface area contributed by atoms with E-state index in [1.54, 1.807) is 36.4 Å². The topological polar surface area (TPSA) is 100 Å². The van der Waals surface area contributed by atoms with Gasteiger partial charge in [-0.1, -0.05) is 24.3 Å². The van der Waals surface area contributed by atoms with Crippen molar-refractivity contribution in [2.45, 2.75) is 12.8 Å². The minimum atomic E-state index is -0.383. The Bertz CT molecular complexity index is 774. The molecular formula is C18H19N3O4. The first-order valence-corrected chi connectivity index (χ1v) is 7.62. The predicted molar refractivity (Wildman–Crippen MR) is 94.7 cm³/mol. The van der Waals surface area contributed by atoms with Crippen LogP contribution in [0.15, 0.2) is 53.6 Å². The van der Waals surface area contributed by atoms with Crippen LogP contribution in [0.3, 0.4) is 0 Å². The van der Waals surface area contributed by atoms with Crippen LogP contribution < -0.4 is 15.5 Å². The monoisotopic (exact) mass is 341 g/mol. The van der Waals surface area contributed by atoms with Crippen molar-refractivity contribution in [3.63, 3.8) is 0 Å². The highest BCUT2D eigenvalue weighted by Gasteiger charge is 2.09. The molecule has 0 saturated heterocycles. The van der Waals surface area contributed by atoms with Gasteiger partial charge in [0.15, 0.2) is 0 Å². The summed E-state index contributed by atoms with van der Waals surface area (Å²) in [5, 5.41) is 15.8. The molecule has 25 heavy (non-hydrogen) atoms. The maximum absolute atomic E-state index is 11.9. The number of hydrogen-bond acceptors (Lipinski definition) is 5. The SMILES string of the molecule is COc1ccccc1NC(=O)CCC(=O)N/N=C/c1cccc(O)c1. The van der Waals surface area contributed by atoms with Gasteiger partial charge >= 0.3 is 0 Å². The molecule has 0 radical (unpaired) electrons. The van der Waals surface area contributed by atoms with Gasteiger partial charge < -0.3 is 15.2 Å². The molecule has 0 aliphatic heterocycles. The highest BCUT2D eigenvalue weighted by Crippen LogP contribution is 2.23. The molecule has 2 amide bonds. The summed E-state index contributed by atoms with van der Waals surface area (Å²) < 4.78 is 5.14. The van der Waals surface area contributed by atoms with Crippen molar-refractivity contribution in [3.05, 3.63) is 54.1 Å². The number of nitrogens with one attached hydrogen (secondary N) is 2. The van der Waals surface area contributed by atoms with Gasteiger partial charge in [0.1, 0.15) is 11.5 Å². The van der Waals surface area contributed by atoms with Crippen LogP contribution in [0.5, 0.6) is 11.5 Å². The molecule has 2 aromatic rings. The first kappa shape index (κ1) is 18.0. The second kappa shape index (κ2) is 9.07. The quantitative estimate of drug-likeness (QED) is 0.531. The Hall–Kier alpha value is -3.35. The van der Waals surface area contributed by atoms with E-state index < -0.39 is 0 Å². The average Bonchev–Trinajstić information content (AvgIpc) is 2.60. The molecule has 7 heteroatoms. The Labute approximate surface area is 145 Å². The van der Waals surface area contributed by atoms with Gasteiger partial charge in [0, 0.05) is 12.8 Å². The van der Waals surface area contributed by atoms with Gasteiger partial charge in [-0.2, -0.15) is 5.10 Å². The summed E-state index contributed by atoms with van der Waals surface area (Å²) in [4.78, 5) is 23.6. The van der Waals surface area contributed by atoms with Crippen LogP contribution in [0.25, 0.3) is 0 Å². The van der Waals surface area contributed by atoms with E-state index in [1.165, 1.54) is 25.5 Å². The van der Waals surface area contributed by atoms with E-state index in [1.807, 2.05) is 0 Å². The number of nitrogens with zero attached hydrogens (tertiary/aromatic N) is 1. The van der Waals surface area contributed by atoms with E-state index >= 15 is 0 Å². The molecular weight excluding hydrogens is 322 g/mol. The first-order valence-electron chi connectivity index (χ1n) is 7.62. The lowest BCUT2D eigenvalue weighted by molar-refractivity contribution is -0.124. The van der Waals surface area contributed by atoms with Crippen molar-refractivity contribution < 1.29 is 19.4 Å². The normalized spacial score (nSPS) is 10.4. The van der Waals surface area contributed by atoms with Crippen LogP contribution in [0.4, 0.5) is 5.69 Å². The number of methoxy groups -OCH3 is 1. The Morgan fingerprint density at radius 3 is 2.64 bits per heavy atom. The number of benzene rings is 2. The standard InChI is InChI=1S/C18H19N3O4/c1-25-16-8-3-2-7-15(16)20-17(23)9-10-18(24)21-19-12-13-5-4-6-14(22)11-13/h2-8,11-12,22H,9-10H2,1H3,(H,20,23)(H,21,24)/b19-12+. The number of hydrazone groups is 1. The Morgan fingerprint density at radius 1 is 1.12 bits per heavy atom. The molecule has 2 rings (SSSR count). The third-order valence-electron chi connectivity index (χ3n) is 3.23. The first-order chi connectivity index (χ1) is 12.1. The maximum Gasteiger partial charge on any atom is 0.240 e. The second-order valence-electron chi connectivity index (χ2n) is 5.14. The number of amides is 2. The van der Waals surface area contributed by atoms with E-state index in [2.05, 4.69) is 15.8 Å². The number of phenolic OH excluding ortho intramolecular Hbond substituents is 1. The van der Waals surface area contributed by atoms with Crippen molar-refractivity contribution >= 4 is 23.7 Å². The highest BCUT2D eigenvalue weighted by atomic mass is 16.5. The number of hydrogen-bond donors (Lipinski definition) is 3. The lowest BCUT2D eigenvalue weighted by Crippen LogP contribution is -2.20. The van der Waals surface area contributed by atoms with Crippen LogP contribution >= 0.6 is 0 Å². The molecule has 0 aliphatic carbocycles. The van der Waals surface area contributed by atoms with E-state index in [-0.39, 0.29) is 30.4 Å². The zero-order valence-corrected chi connectivity index (χ0v) is 13.7. The van der Waals surface area contributed by atoms with Gasteiger partial charge in [-0.25, -0.2) is 5.43 Å². The van der Waals surface area contributed by atoms with Crippen LogP contribution in [0.1, 0.15) is 18.4 Å². The lowest BCUT2D eigenvalue weighted by Gasteiger charge is -2.09. The van der Waals surface area contributed by atoms with Crippen LogP contribution in [-0.2, 0) is 9.59 Å². The van der Waals surface area contributed by atoms with Crippen LogP contribution in [-0.4, -0.2) is 30.2 Å². The fraction of sp³-hybridized carbons (Fsp3) is 0.167. The minimum absolute atomic E-state index is 0.00162. The van der Waals surface area contributed by atoms with Crippen molar-refractivity contribution in [1.82, 2.24) is 5.43 Å². The molecule has 0 aromatic heterocycles. The Balaban J connectivity index is 1.76. The molecule has 3 N–H and O–H groups in total. The van der Waals surface area contributed by atoms with E-state index in [4.69, 9.17) is 4.74 Å². The third kappa shape index (κ3) is 5.98. The van der Waals surface area contributed by atoms with Crippen molar-refractivity contribution in [2.75, 3.05) is 12.4 Å². The van der Waals surface area contributed by atoms with Gasteiger partial charge in [0.05, 0.1) is 19.0 Å². The summed E-state index contributed by atoms with van der Waals surface area (Å²) in [5.74, 6) is -0.0116. The van der Waals surface area contributed by atoms with Gasteiger partial charge in [-0.15, -0.1) is 0 Å². The maximum atomic E-state index is 11.9. The van der Waals surface area contributed by atoms with E-state index in [0.29, 0.717) is 17.0 Å². The Morgan fingerprint density at radius 2 is 1.88 bits per heavy atom. The fourth-order valence-corrected chi connectivity index (χ4v) is 2.03. The molecule has 130 valence electrons. The van der Waals surface area contributed by atoms with E-state index in [0.717, 1.165) is 0 Å². The van der Waals surface area contributed by atoms with Gasteiger partial charge in [-0.3, -0.25) is 9.59 Å². The predicted octanol–water partition coefficient (Wildman–Crippen LogP) is 2.27. The lowest BCUT2D eigenvalue weighted by atomic mass is 10.2. The summed E-state index contributed by atoms with van der Waals surface area (Å²) in [6, 6.07) is 13.5. The molecule has 0 bridgehead atoms. The molecule has 0 unspecified atom stereocenters. The molecule has 0 spiro atoms. The van der Waals surface area contributed by atoms with Gasteiger partial charge in [0.2, 0.25) is 11.8 Å². The summed E-state index contributed by atoms with van der Waals surface area (Å²) >= 11 is 0. The summed E-state index contributed by atoms with van der Waals surface area (Å²) in [5.41, 5.74) is 3.54. The number of anilines is 1. The third-order valence-corrected chi connectivity index (χ3v) is 3.23. The molecule has 0 heterocycles. The number of phenols is 1. The Kier molecular flexibility index (Phi) is 6.53. The minimum Gasteiger partial charge on any atom is -0.508 e. The van der Waals surface area contributed by atoms with Crippen molar-refractivity contribution in [3.8, 4) is 11.5 Å². The van der Waals surface area contributed by atoms with Crippen LogP contribution in [0, 0.1) is 0 Å². The number of para-hydroxylation sites is 2. The summed E-state index contributed by atoms with van der Waals surface area (Å²) in [7, 11) is 1.52.